The molecule has 0 saturated heterocycles. The van der Waals surface area contributed by atoms with Gasteiger partial charge in [0, 0.05) is 24.4 Å². The highest BCUT2D eigenvalue weighted by Crippen LogP contribution is 2.05. The molecule has 0 aliphatic rings. The van der Waals surface area contributed by atoms with E-state index in [9.17, 15) is 4.79 Å². The van der Waals surface area contributed by atoms with E-state index in [0.717, 1.165) is 11.1 Å². The maximum absolute atomic E-state index is 11.6. The lowest BCUT2D eigenvalue weighted by molar-refractivity contribution is 0.241. The Bertz CT molecular complexity index is 658. The molecule has 5 heteroatoms. The molecule has 1 aromatic carbocycles. The van der Waals surface area contributed by atoms with Crippen molar-refractivity contribution in [3.8, 4) is 17.7 Å². The number of aromatic nitrogens is 1. The molecule has 5 nitrogen and oxygen atoms in total. The van der Waals surface area contributed by atoms with Crippen molar-refractivity contribution in [3.05, 3.63) is 59.8 Å². The number of carbonyl (C=O) groups excluding carboxylic acids is 1. The van der Waals surface area contributed by atoms with Gasteiger partial charge in [0.1, 0.15) is 0 Å². The van der Waals surface area contributed by atoms with Crippen molar-refractivity contribution in [1.82, 2.24) is 15.6 Å². The number of benzene rings is 1. The molecule has 0 fully saturated rings. The third-order valence-corrected chi connectivity index (χ3v) is 2.80. The van der Waals surface area contributed by atoms with Crippen LogP contribution in [-0.2, 0) is 6.54 Å². The number of rotatable bonds is 4. The van der Waals surface area contributed by atoms with E-state index >= 15 is 0 Å². The summed E-state index contributed by atoms with van der Waals surface area (Å²) in [5.41, 5.74) is 1.82. The minimum absolute atomic E-state index is 0.266. The van der Waals surface area contributed by atoms with Gasteiger partial charge in [-0.2, -0.15) is 0 Å². The van der Waals surface area contributed by atoms with Crippen molar-refractivity contribution < 1.29 is 9.53 Å². The highest BCUT2D eigenvalue weighted by molar-refractivity contribution is 5.74. The van der Waals surface area contributed by atoms with Crippen LogP contribution in [0.3, 0.4) is 0 Å². The molecule has 0 aliphatic carbocycles. The Labute approximate surface area is 129 Å². The van der Waals surface area contributed by atoms with E-state index in [4.69, 9.17) is 4.74 Å². The van der Waals surface area contributed by atoms with Crippen LogP contribution in [-0.4, -0.2) is 24.7 Å². The highest BCUT2D eigenvalue weighted by Gasteiger charge is 1.99. The summed E-state index contributed by atoms with van der Waals surface area (Å²) >= 11 is 0. The molecule has 0 spiro atoms. The second-order valence-corrected chi connectivity index (χ2v) is 4.41. The zero-order valence-electron chi connectivity index (χ0n) is 12.3. The predicted molar refractivity (Wildman–Crippen MR) is 84.3 cm³/mol. The predicted octanol–water partition coefficient (Wildman–Crippen LogP) is 1.94. The first kappa shape index (κ1) is 15.4. The van der Waals surface area contributed by atoms with Crippen molar-refractivity contribution in [3.63, 3.8) is 0 Å². The molecule has 22 heavy (non-hydrogen) atoms. The Kier molecular flexibility index (Phi) is 5.82. The minimum atomic E-state index is -0.266. The fourth-order valence-corrected chi connectivity index (χ4v) is 1.67. The number of methoxy groups -OCH3 is 1. The first-order chi connectivity index (χ1) is 10.8. The molecule has 0 saturated carbocycles. The van der Waals surface area contributed by atoms with Gasteiger partial charge in [-0.3, -0.25) is 0 Å². The Hall–Kier alpha value is -3.00. The fraction of sp³-hybridized carbons (Fsp3) is 0.176. The second kappa shape index (κ2) is 8.32. The monoisotopic (exact) mass is 295 g/mol. The van der Waals surface area contributed by atoms with Gasteiger partial charge < -0.3 is 15.4 Å². The molecule has 0 aliphatic heterocycles. The van der Waals surface area contributed by atoms with Gasteiger partial charge in [0.15, 0.2) is 0 Å². The van der Waals surface area contributed by atoms with E-state index in [1.54, 1.807) is 19.4 Å². The van der Waals surface area contributed by atoms with Crippen LogP contribution in [0.1, 0.15) is 11.1 Å². The van der Waals surface area contributed by atoms with Crippen LogP contribution in [0.4, 0.5) is 4.79 Å². The molecule has 0 bridgehead atoms. The third-order valence-electron chi connectivity index (χ3n) is 2.80. The normalized spacial score (nSPS) is 9.32. The molecule has 2 amide bonds. The van der Waals surface area contributed by atoms with Crippen molar-refractivity contribution in [1.29, 1.82) is 0 Å². The Morgan fingerprint density at radius 1 is 1.18 bits per heavy atom. The van der Waals surface area contributed by atoms with Crippen LogP contribution < -0.4 is 15.4 Å². The van der Waals surface area contributed by atoms with Gasteiger partial charge in [-0.25, -0.2) is 9.78 Å². The standard InChI is InChI=1S/C17H17N3O2/c1-22-16-10-9-15(12-19-16)13-20-17(21)18-11-5-8-14-6-3-2-4-7-14/h2-4,6-7,9-10,12H,11,13H2,1H3,(H2,18,20,21). The number of hydrogen-bond donors (Lipinski definition) is 2. The molecular formula is C17H17N3O2. The molecule has 1 heterocycles. The zero-order valence-corrected chi connectivity index (χ0v) is 12.3. The maximum Gasteiger partial charge on any atom is 0.315 e. The van der Waals surface area contributed by atoms with Crippen molar-refractivity contribution in [2.24, 2.45) is 0 Å². The summed E-state index contributed by atoms with van der Waals surface area (Å²) in [5, 5.41) is 5.41. The number of ether oxygens (including phenoxy) is 1. The van der Waals surface area contributed by atoms with Gasteiger partial charge in [-0.15, -0.1) is 0 Å². The average molecular weight is 295 g/mol. The minimum Gasteiger partial charge on any atom is -0.481 e. The van der Waals surface area contributed by atoms with Gasteiger partial charge in [0.2, 0.25) is 5.88 Å². The van der Waals surface area contributed by atoms with E-state index in [-0.39, 0.29) is 6.03 Å². The SMILES string of the molecule is COc1ccc(CNC(=O)NCC#Cc2ccccc2)cn1. The summed E-state index contributed by atoms with van der Waals surface area (Å²) in [4.78, 5) is 15.7. The Balaban J connectivity index is 1.71. The van der Waals surface area contributed by atoms with Gasteiger partial charge in [0.25, 0.3) is 0 Å². The summed E-state index contributed by atoms with van der Waals surface area (Å²) in [5.74, 6) is 6.41. The Morgan fingerprint density at radius 3 is 2.68 bits per heavy atom. The van der Waals surface area contributed by atoms with Crippen molar-refractivity contribution >= 4 is 6.03 Å². The second-order valence-electron chi connectivity index (χ2n) is 4.41. The van der Waals surface area contributed by atoms with Gasteiger partial charge >= 0.3 is 6.03 Å². The van der Waals surface area contributed by atoms with E-state index < -0.39 is 0 Å². The molecule has 0 radical (unpaired) electrons. The van der Waals surface area contributed by atoms with Gasteiger partial charge in [-0.1, -0.05) is 36.1 Å². The van der Waals surface area contributed by atoms with Crippen molar-refractivity contribution in [2.75, 3.05) is 13.7 Å². The molecule has 1 aromatic heterocycles. The summed E-state index contributed by atoms with van der Waals surface area (Å²) in [7, 11) is 1.56. The first-order valence-electron chi connectivity index (χ1n) is 6.82. The lowest BCUT2D eigenvalue weighted by atomic mass is 10.2. The van der Waals surface area contributed by atoms with Crippen LogP contribution in [0.2, 0.25) is 0 Å². The van der Waals surface area contributed by atoms with E-state index in [1.165, 1.54) is 0 Å². The van der Waals surface area contributed by atoms with E-state index in [2.05, 4.69) is 27.5 Å². The van der Waals surface area contributed by atoms with Gasteiger partial charge in [0.05, 0.1) is 13.7 Å². The molecule has 2 aromatic rings. The average Bonchev–Trinajstić information content (AvgIpc) is 2.58. The molecule has 2 rings (SSSR count). The fourth-order valence-electron chi connectivity index (χ4n) is 1.67. The Morgan fingerprint density at radius 2 is 2.00 bits per heavy atom. The lowest BCUT2D eigenvalue weighted by Gasteiger charge is -2.05. The number of nitrogens with zero attached hydrogens (tertiary/aromatic N) is 1. The summed E-state index contributed by atoms with van der Waals surface area (Å²) in [6.45, 7) is 0.691. The number of nitrogens with one attached hydrogen (secondary N) is 2. The van der Waals surface area contributed by atoms with E-state index in [0.29, 0.717) is 19.0 Å². The smallest absolute Gasteiger partial charge is 0.315 e. The van der Waals surface area contributed by atoms with Crippen LogP contribution in [0.25, 0.3) is 0 Å². The largest absolute Gasteiger partial charge is 0.481 e. The molecule has 112 valence electrons. The summed E-state index contributed by atoms with van der Waals surface area (Å²) in [6.07, 6.45) is 1.66. The number of hydrogen-bond acceptors (Lipinski definition) is 3. The molecule has 0 unspecified atom stereocenters. The quantitative estimate of drug-likeness (QED) is 0.847. The summed E-state index contributed by atoms with van der Waals surface area (Å²) < 4.78 is 4.97. The zero-order chi connectivity index (χ0) is 15.6. The number of urea groups is 1. The van der Waals surface area contributed by atoms with Crippen LogP contribution in [0.15, 0.2) is 48.7 Å². The van der Waals surface area contributed by atoms with Crippen LogP contribution in [0.5, 0.6) is 5.88 Å². The van der Waals surface area contributed by atoms with Gasteiger partial charge in [-0.05, 0) is 17.7 Å². The first-order valence-corrected chi connectivity index (χ1v) is 6.82. The van der Waals surface area contributed by atoms with E-state index in [1.807, 2.05) is 36.4 Å². The highest BCUT2D eigenvalue weighted by atomic mass is 16.5. The molecule has 2 N–H and O–H groups in total. The number of carbonyl (C=O) groups is 1. The molecule has 0 atom stereocenters. The summed E-state index contributed by atoms with van der Waals surface area (Å²) in [6, 6.07) is 13.0. The maximum atomic E-state index is 11.6. The van der Waals surface area contributed by atoms with Crippen LogP contribution >= 0.6 is 0 Å². The van der Waals surface area contributed by atoms with Crippen molar-refractivity contribution in [2.45, 2.75) is 6.54 Å². The topological polar surface area (TPSA) is 63.2 Å². The number of amides is 2. The molecular weight excluding hydrogens is 278 g/mol. The lowest BCUT2D eigenvalue weighted by Crippen LogP contribution is -2.35. The number of pyridine rings is 1. The van der Waals surface area contributed by atoms with Crippen LogP contribution in [0, 0.1) is 11.8 Å². The third kappa shape index (κ3) is 5.17.